The molecule has 1 amide bonds. The fourth-order valence-corrected chi connectivity index (χ4v) is 2.60. The molecule has 3 N–H and O–H groups in total. The minimum Gasteiger partial charge on any atom is -0.398 e. The Kier molecular flexibility index (Phi) is 3.77. The predicted molar refractivity (Wildman–Crippen MR) is 86.2 cm³/mol. The second-order valence-corrected chi connectivity index (χ2v) is 5.25. The van der Waals surface area contributed by atoms with Crippen LogP contribution in [0.2, 0.25) is 0 Å². The molecule has 2 aromatic carbocycles. The van der Waals surface area contributed by atoms with E-state index in [9.17, 15) is 4.79 Å². The van der Waals surface area contributed by atoms with E-state index in [1.54, 1.807) is 0 Å². The highest BCUT2D eigenvalue weighted by Gasteiger charge is 2.21. The van der Waals surface area contributed by atoms with Crippen LogP contribution in [0.5, 0.6) is 0 Å². The number of amides is 1. The largest absolute Gasteiger partial charge is 0.398 e. The van der Waals surface area contributed by atoms with Crippen LogP contribution in [0.15, 0.2) is 48.5 Å². The van der Waals surface area contributed by atoms with Gasteiger partial charge in [-0.15, -0.1) is 0 Å². The van der Waals surface area contributed by atoms with Gasteiger partial charge in [0.2, 0.25) is 5.91 Å². The molecule has 1 fully saturated rings. The zero-order valence-corrected chi connectivity index (χ0v) is 11.9. The highest BCUT2D eigenvalue weighted by molar-refractivity contribution is 5.95. The summed E-state index contributed by atoms with van der Waals surface area (Å²) in [6.07, 6.45) is 1.59. The molecular formula is C17H19N3O. The molecule has 4 heteroatoms. The zero-order valence-electron chi connectivity index (χ0n) is 11.9. The molecular weight excluding hydrogens is 262 g/mol. The first kappa shape index (κ1) is 13.5. The van der Waals surface area contributed by atoms with Gasteiger partial charge in [-0.3, -0.25) is 4.79 Å². The van der Waals surface area contributed by atoms with Gasteiger partial charge >= 0.3 is 0 Å². The molecule has 0 aromatic heterocycles. The molecule has 1 aliphatic heterocycles. The lowest BCUT2D eigenvalue weighted by molar-refractivity contribution is -0.117. The van der Waals surface area contributed by atoms with Crippen molar-refractivity contribution in [2.45, 2.75) is 19.4 Å². The van der Waals surface area contributed by atoms with Crippen LogP contribution in [0, 0.1) is 0 Å². The van der Waals surface area contributed by atoms with Crippen LogP contribution in [0.3, 0.4) is 0 Å². The summed E-state index contributed by atoms with van der Waals surface area (Å²) < 4.78 is 0. The average Bonchev–Trinajstić information content (AvgIpc) is 2.93. The zero-order chi connectivity index (χ0) is 14.7. The Morgan fingerprint density at radius 2 is 2.00 bits per heavy atom. The van der Waals surface area contributed by atoms with Gasteiger partial charge in [-0.05, 0) is 36.2 Å². The molecule has 0 saturated carbocycles. The maximum Gasteiger partial charge on any atom is 0.227 e. The Hall–Kier alpha value is -2.49. The van der Waals surface area contributed by atoms with Crippen LogP contribution >= 0.6 is 0 Å². The highest BCUT2D eigenvalue weighted by Crippen LogP contribution is 2.24. The van der Waals surface area contributed by atoms with Crippen LogP contribution < -0.4 is 16.0 Å². The Morgan fingerprint density at radius 1 is 1.14 bits per heavy atom. The van der Waals surface area contributed by atoms with Crippen molar-refractivity contribution in [1.29, 1.82) is 0 Å². The van der Waals surface area contributed by atoms with E-state index in [0.29, 0.717) is 13.0 Å². The molecule has 0 atom stereocenters. The standard InChI is InChI=1S/C17H19N3O/c18-16-8-2-1-5-13(16)12-19-14-6-3-7-15(11-14)20-10-4-9-17(20)21/h1-3,5-8,11,19H,4,9-10,12,18H2. The highest BCUT2D eigenvalue weighted by atomic mass is 16.2. The minimum atomic E-state index is 0.208. The number of hydrogen-bond acceptors (Lipinski definition) is 3. The molecule has 1 saturated heterocycles. The fraction of sp³-hybridized carbons (Fsp3) is 0.235. The summed E-state index contributed by atoms with van der Waals surface area (Å²) in [7, 11) is 0. The van der Waals surface area contributed by atoms with Gasteiger partial charge in [-0.1, -0.05) is 24.3 Å². The van der Waals surface area contributed by atoms with Crippen molar-refractivity contribution < 1.29 is 4.79 Å². The number of carbonyl (C=O) groups excluding carboxylic acids is 1. The minimum absolute atomic E-state index is 0.208. The van der Waals surface area contributed by atoms with Gasteiger partial charge in [-0.2, -0.15) is 0 Å². The van der Waals surface area contributed by atoms with Crippen molar-refractivity contribution in [3.63, 3.8) is 0 Å². The lowest BCUT2D eigenvalue weighted by Gasteiger charge is -2.17. The van der Waals surface area contributed by atoms with Crippen molar-refractivity contribution in [2.24, 2.45) is 0 Å². The number of nitrogens with one attached hydrogen (secondary N) is 1. The van der Waals surface area contributed by atoms with E-state index in [4.69, 9.17) is 5.73 Å². The third-order valence-electron chi connectivity index (χ3n) is 3.77. The van der Waals surface area contributed by atoms with E-state index in [1.807, 2.05) is 53.4 Å². The van der Waals surface area contributed by atoms with E-state index in [-0.39, 0.29) is 5.91 Å². The van der Waals surface area contributed by atoms with Crippen LogP contribution in [-0.2, 0) is 11.3 Å². The smallest absolute Gasteiger partial charge is 0.227 e. The molecule has 108 valence electrons. The van der Waals surface area contributed by atoms with Gasteiger partial charge in [0, 0.05) is 36.6 Å². The van der Waals surface area contributed by atoms with E-state index in [0.717, 1.165) is 35.6 Å². The monoisotopic (exact) mass is 281 g/mol. The summed E-state index contributed by atoms with van der Waals surface area (Å²) in [6.45, 7) is 1.48. The molecule has 0 aliphatic carbocycles. The maximum atomic E-state index is 11.8. The molecule has 2 aromatic rings. The SMILES string of the molecule is Nc1ccccc1CNc1cccc(N2CCCC2=O)c1. The number of nitrogen functional groups attached to an aromatic ring is 1. The quantitative estimate of drug-likeness (QED) is 0.847. The van der Waals surface area contributed by atoms with Gasteiger partial charge in [-0.25, -0.2) is 0 Å². The summed E-state index contributed by atoms with van der Waals surface area (Å²) in [5.74, 6) is 0.208. The number of para-hydroxylation sites is 1. The molecule has 21 heavy (non-hydrogen) atoms. The lowest BCUT2D eigenvalue weighted by Crippen LogP contribution is -2.23. The molecule has 1 aliphatic rings. The molecule has 0 radical (unpaired) electrons. The van der Waals surface area contributed by atoms with Crippen LogP contribution in [0.1, 0.15) is 18.4 Å². The van der Waals surface area contributed by atoms with Crippen molar-refractivity contribution in [3.8, 4) is 0 Å². The Balaban J connectivity index is 1.72. The van der Waals surface area contributed by atoms with E-state index >= 15 is 0 Å². The van der Waals surface area contributed by atoms with E-state index < -0.39 is 0 Å². The topological polar surface area (TPSA) is 58.4 Å². The number of nitrogens with two attached hydrogens (primary N) is 1. The van der Waals surface area contributed by atoms with Gasteiger partial charge in [0.05, 0.1) is 0 Å². The van der Waals surface area contributed by atoms with Gasteiger partial charge in [0.15, 0.2) is 0 Å². The number of nitrogens with zero attached hydrogens (tertiary/aromatic N) is 1. The van der Waals surface area contributed by atoms with Crippen molar-refractivity contribution in [3.05, 3.63) is 54.1 Å². The molecule has 0 bridgehead atoms. The molecule has 0 unspecified atom stereocenters. The lowest BCUT2D eigenvalue weighted by atomic mass is 10.1. The van der Waals surface area contributed by atoms with Crippen LogP contribution in [-0.4, -0.2) is 12.5 Å². The fourth-order valence-electron chi connectivity index (χ4n) is 2.60. The summed E-state index contributed by atoms with van der Waals surface area (Å²) in [6, 6.07) is 15.8. The number of hydrogen-bond donors (Lipinski definition) is 2. The molecule has 0 spiro atoms. The summed E-state index contributed by atoms with van der Waals surface area (Å²) in [4.78, 5) is 13.6. The van der Waals surface area contributed by atoms with Gasteiger partial charge in [0.25, 0.3) is 0 Å². The Labute approximate surface area is 124 Å². The van der Waals surface area contributed by atoms with Crippen molar-refractivity contribution in [2.75, 3.05) is 22.5 Å². The molecule has 4 nitrogen and oxygen atoms in total. The van der Waals surface area contributed by atoms with Gasteiger partial charge in [0.1, 0.15) is 0 Å². The van der Waals surface area contributed by atoms with E-state index in [1.165, 1.54) is 0 Å². The summed E-state index contributed by atoms with van der Waals surface area (Å²) >= 11 is 0. The first-order valence-corrected chi connectivity index (χ1v) is 7.22. The van der Waals surface area contributed by atoms with E-state index in [2.05, 4.69) is 5.32 Å². The van der Waals surface area contributed by atoms with Gasteiger partial charge < -0.3 is 16.0 Å². The Morgan fingerprint density at radius 3 is 2.76 bits per heavy atom. The third kappa shape index (κ3) is 2.99. The van der Waals surface area contributed by atoms with Crippen molar-refractivity contribution >= 4 is 23.0 Å². The number of anilines is 3. The third-order valence-corrected chi connectivity index (χ3v) is 3.77. The second-order valence-electron chi connectivity index (χ2n) is 5.25. The maximum absolute atomic E-state index is 11.8. The summed E-state index contributed by atoms with van der Waals surface area (Å²) in [5, 5.41) is 3.36. The predicted octanol–water partition coefficient (Wildman–Crippen LogP) is 3.01. The molecule has 1 heterocycles. The van der Waals surface area contributed by atoms with Crippen molar-refractivity contribution in [1.82, 2.24) is 0 Å². The molecule has 3 rings (SSSR count). The first-order chi connectivity index (χ1) is 10.2. The number of rotatable bonds is 4. The Bertz CT molecular complexity index is 654. The van der Waals surface area contributed by atoms with Crippen LogP contribution in [0.4, 0.5) is 17.1 Å². The summed E-state index contributed by atoms with van der Waals surface area (Å²) in [5.41, 5.74) is 9.75. The normalized spacial score (nSPS) is 14.5. The average molecular weight is 281 g/mol. The number of carbonyl (C=O) groups is 1. The first-order valence-electron chi connectivity index (χ1n) is 7.22. The second kappa shape index (κ2) is 5.87. The number of benzene rings is 2. The van der Waals surface area contributed by atoms with Crippen LogP contribution in [0.25, 0.3) is 0 Å².